The first-order valence-corrected chi connectivity index (χ1v) is 17.3. The molecule has 0 aliphatic carbocycles. The number of hydrogen-bond acceptors (Lipinski definition) is 11. The molecule has 4 heterocycles. The molecule has 2 fully saturated rings. The van der Waals surface area contributed by atoms with Gasteiger partial charge in [0.2, 0.25) is 6.79 Å². The Labute approximate surface area is 286 Å². The molecule has 6 rings (SSSR count). The van der Waals surface area contributed by atoms with Crippen LogP contribution in [0.2, 0.25) is 0 Å². The van der Waals surface area contributed by atoms with Crippen LogP contribution in [0.25, 0.3) is 0 Å². The molecule has 4 aliphatic rings. The van der Waals surface area contributed by atoms with Gasteiger partial charge in [-0.25, -0.2) is 9.59 Å². The number of rotatable bonds is 13. The molecule has 2 amide bonds. The number of alkyl carbamates (subject to hydrolysis) is 2. The quantitative estimate of drug-likeness (QED) is 0.268. The van der Waals surface area contributed by atoms with Crippen molar-refractivity contribution >= 4 is 17.9 Å². The van der Waals surface area contributed by atoms with E-state index in [0.29, 0.717) is 50.1 Å². The highest BCUT2D eigenvalue weighted by molar-refractivity contribution is 5.85. The van der Waals surface area contributed by atoms with Gasteiger partial charge in [0.1, 0.15) is 24.6 Å². The summed E-state index contributed by atoms with van der Waals surface area (Å²) in [6.45, 7) is 2.95. The smallest absolute Gasteiger partial charge is 0.407 e. The molecule has 2 aromatic carbocycles. The molecule has 2 saturated heterocycles. The van der Waals surface area contributed by atoms with E-state index in [1.165, 1.54) is 0 Å². The normalized spacial score (nSPS) is 25.6. The number of benzene rings is 2. The molecule has 1 spiro atoms. The van der Waals surface area contributed by atoms with Gasteiger partial charge in [-0.3, -0.25) is 0 Å². The molecule has 0 bridgehead atoms. The molecule has 13 heteroatoms. The lowest BCUT2D eigenvalue weighted by molar-refractivity contribution is -0.330. The minimum absolute atomic E-state index is 0.00723. The largest absolute Gasteiger partial charge is 0.496 e. The number of hydrogen-bond donors (Lipinski definition) is 2. The van der Waals surface area contributed by atoms with E-state index in [0.717, 1.165) is 54.7 Å². The average Bonchev–Trinajstić information content (AvgIpc) is 3.79. The first-order chi connectivity index (χ1) is 23.9. The molecule has 0 saturated carbocycles. The Hall–Kier alpha value is -4.23. The molecule has 49 heavy (non-hydrogen) atoms. The van der Waals surface area contributed by atoms with Gasteiger partial charge in [0, 0.05) is 44.3 Å². The molecular weight excluding hydrogens is 634 g/mol. The lowest BCUT2D eigenvalue weighted by Crippen LogP contribution is -2.53. The van der Waals surface area contributed by atoms with Crippen molar-refractivity contribution in [1.82, 2.24) is 10.6 Å². The SMILES string of the molecule is CCC1=NOC(CC[C@@H]2C[C@@H](OC(=O)NCc3cccc4c3OCO4)C[C@@]3(CCC[C@H](COC(=O)NCCc4ccccc4OC)O3)O2)C1. The first kappa shape index (κ1) is 34.6. The molecule has 0 radical (unpaired) electrons. The Balaban J connectivity index is 1.02. The minimum atomic E-state index is -0.965. The summed E-state index contributed by atoms with van der Waals surface area (Å²) in [6.07, 6.45) is 4.78. The number of amides is 2. The zero-order valence-corrected chi connectivity index (χ0v) is 28.3. The van der Waals surface area contributed by atoms with Gasteiger partial charge in [-0.2, -0.15) is 0 Å². The van der Waals surface area contributed by atoms with Crippen molar-refractivity contribution in [1.29, 1.82) is 0 Å². The summed E-state index contributed by atoms with van der Waals surface area (Å²) in [4.78, 5) is 31.3. The molecule has 2 aromatic rings. The number of carbonyl (C=O) groups is 2. The standard InChI is InChI=1S/C36H47N3O10/c1-3-26-18-28(49-39-26)14-13-27-19-30(46-35(41)38-21-25-9-6-12-32-33(25)45-23-44-32)20-36(47-27)16-7-10-29(48-36)22-43-34(40)37-17-15-24-8-4-5-11-31(24)42-2/h4-6,8-9,11-12,27-30H,3,7,10,13-23H2,1-2H3,(H,37,40)(H,38,41)/t27-,28?,29-,30-,36+/m1/s1. The number of fused-ring (bicyclic) bond motifs is 1. The average molecular weight is 682 g/mol. The summed E-state index contributed by atoms with van der Waals surface area (Å²) in [5.74, 6) is 1.10. The summed E-state index contributed by atoms with van der Waals surface area (Å²) in [7, 11) is 1.63. The van der Waals surface area contributed by atoms with Gasteiger partial charge in [0.15, 0.2) is 17.3 Å². The molecular formula is C36H47N3O10. The zero-order valence-electron chi connectivity index (χ0n) is 28.3. The van der Waals surface area contributed by atoms with E-state index in [2.05, 4.69) is 22.7 Å². The van der Waals surface area contributed by atoms with Crippen LogP contribution in [-0.2, 0) is 36.8 Å². The zero-order chi connectivity index (χ0) is 34.1. The maximum absolute atomic E-state index is 13.1. The second kappa shape index (κ2) is 16.4. The fraction of sp³-hybridized carbons (Fsp3) is 0.583. The van der Waals surface area contributed by atoms with Crippen molar-refractivity contribution in [3.05, 3.63) is 53.6 Å². The Morgan fingerprint density at radius 2 is 1.82 bits per heavy atom. The van der Waals surface area contributed by atoms with Crippen molar-refractivity contribution in [3.63, 3.8) is 0 Å². The lowest BCUT2D eigenvalue weighted by Gasteiger charge is -2.48. The van der Waals surface area contributed by atoms with Crippen molar-refractivity contribution < 1.29 is 47.6 Å². The van der Waals surface area contributed by atoms with E-state index in [1.54, 1.807) is 7.11 Å². The maximum Gasteiger partial charge on any atom is 0.407 e. The van der Waals surface area contributed by atoms with Gasteiger partial charge in [-0.1, -0.05) is 42.4 Å². The number of methoxy groups -OCH3 is 1. The fourth-order valence-corrected chi connectivity index (χ4v) is 6.91. The van der Waals surface area contributed by atoms with Crippen LogP contribution in [0.15, 0.2) is 47.6 Å². The monoisotopic (exact) mass is 681 g/mol. The van der Waals surface area contributed by atoms with Crippen molar-refractivity contribution in [2.24, 2.45) is 5.16 Å². The second-order valence-electron chi connectivity index (χ2n) is 12.9. The highest BCUT2D eigenvalue weighted by atomic mass is 16.7. The highest BCUT2D eigenvalue weighted by Gasteiger charge is 2.47. The van der Waals surface area contributed by atoms with Gasteiger partial charge >= 0.3 is 12.2 Å². The predicted molar refractivity (Wildman–Crippen MR) is 178 cm³/mol. The van der Waals surface area contributed by atoms with E-state index in [9.17, 15) is 9.59 Å². The molecule has 13 nitrogen and oxygen atoms in total. The Morgan fingerprint density at radius 1 is 0.980 bits per heavy atom. The third-order valence-corrected chi connectivity index (χ3v) is 9.36. The van der Waals surface area contributed by atoms with E-state index < -0.39 is 24.1 Å². The van der Waals surface area contributed by atoms with Crippen LogP contribution in [0, 0.1) is 0 Å². The summed E-state index contributed by atoms with van der Waals surface area (Å²) < 4.78 is 41.2. The molecule has 2 N–H and O–H groups in total. The third kappa shape index (κ3) is 9.27. The van der Waals surface area contributed by atoms with Crippen LogP contribution >= 0.6 is 0 Å². The van der Waals surface area contributed by atoms with Crippen molar-refractivity contribution in [3.8, 4) is 17.2 Å². The van der Waals surface area contributed by atoms with E-state index >= 15 is 0 Å². The van der Waals surface area contributed by atoms with Crippen LogP contribution in [0.3, 0.4) is 0 Å². The first-order valence-electron chi connectivity index (χ1n) is 17.3. The van der Waals surface area contributed by atoms with E-state index in [4.69, 9.17) is 38.0 Å². The Bertz CT molecular complexity index is 1470. The predicted octanol–water partition coefficient (Wildman–Crippen LogP) is 5.77. The number of nitrogens with one attached hydrogen (secondary N) is 2. The van der Waals surface area contributed by atoms with E-state index in [1.807, 2.05) is 42.5 Å². The van der Waals surface area contributed by atoms with Crippen LogP contribution in [0.1, 0.15) is 75.8 Å². The summed E-state index contributed by atoms with van der Waals surface area (Å²) >= 11 is 0. The van der Waals surface area contributed by atoms with E-state index in [-0.39, 0.29) is 38.3 Å². The maximum atomic E-state index is 13.1. The molecule has 266 valence electrons. The van der Waals surface area contributed by atoms with Gasteiger partial charge in [0.25, 0.3) is 0 Å². The number of ether oxygens (including phenoxy) is 7. The van der Waals surface area contributed by atoms with Crippen molar-refractivity contribution in [2.45, 2.75) is 108 Å². The second-order valence-corrected chi connectivity index (χ2v) is 12.9. The highest BCUT2D eigenvalue weighted by Crippen LogP contribution is 2.42. The molecule has 0 aromatic heterocycles. The van der Waals surface area contributed by atoms with Crippen LogP contribution in [0.5, 0.6) is 17.2 Å². The van der Waals surface area contributed by atoms with Gasteiger partial charge in [0.05, 0.1) is 25.0 Å². The third-order valence-electron chi connectivity index (χ3n) is 9.36. The van der Waals surface area contributed by atoms with Crippen LogP contribution in [-0.4, -0.2) is 75.2 Å². The van der Waals surface area contributed by atoms with Crippen molar-refractivity contribution in [2.75, 3.05) is 27.1 Å². The van der Waals surface area contributed by atoms with Gasteiger partial charge in [-0.05, 0) is 56.2 Å². The van der Waals surface area contributed by atoms with Crippen LogP contribution < -0.4 is 24.8 Å². The molecule has 4 aliphatic heterocycles. The number of para-hydroxylation sites is 2. The Morgan fingerprint density at radius 3 is 2.67 bits per heavy atom. The summed E-state index contributed by atoms with van der Waals surface area (Å²) in [5.41, 5.74) is 2.87. The van der Waals surface area contributed by atoms with Gasteiger partial charge < -0.3 is 48.6 Å². The number of nitrogens with zero attached hydrogens (tertiary/aromatic N) is 1. The molecule has 1 unspecified atom stereocenters. The minimum Gasteiger partial charge on any atom is -0.496 e. The van der Waals surface area contributed by atoms with Crippen LogP contribution in [0.4, 0.5) is 9.59 Å². The number of carbonyl (C=O) groups excluding carboxylic acids is 2. The topological polar surface area (TPSA) is 144 Å². The van der Waals surface area contributed by atoms with Gasteiger partial charge in [-0.15, -0.1) is 0 Å². The number of oxime groups is 1. The summed E-state index contributed by atoms with van der Waals surface area (Å²) in [6, 6.07) is 13.3. The lowest BCUT2D eigenvalue weighted by atomic mass is 9.89. The molecule has 5 atom stereocenters. The Kier molecular flexibility index (Phi) is 11.6. The summed E-state index contributed by atoms with van der Waals surface area (Å²) in [5, 5.41) is 9.87. The fourth-order valence-electron chi connectivity index (χ4n) is 6.91.